The molecule has 0 aliphatic rings. The van der Waals surface area contributed by atoms with Gasteiger partial charge in [-0.25, -0.2) is 4.39 Å². The van der Waals surface area contributed by atoms with Crippen LogP contribution < -0.4 is 0 Å². The lowest BCUT2D eigenvalue weighted by Crippen LogP contribution is -2.11. The van der Waals surface area contributed by atoms with E-state index in [-0.39, 0.29) is 18.5 Å². The molecule has 0 saturated heterocycles. The standard InChI is InChI=1S/C14H18FNO/c1-10(2)6-11(3)17-9-13-7-14(15)5-4-12(13)8-16/h4-5,7,10-11H,6,9H2,1-3H3. The number of nitriles is 1. The van der Waals surface area contributed by atoms with E-state index in [1.807, 2.05) is 13.0 Å². The molecule has 0 saturated carbocycles. The Hall–Kier alpha value is -1.40. The first kappa shape index (κ1) is 13.7. The van der Waals surface area contributed by atoms with E-state index in [4.69, 9.17) is 10.00 Å². The van der Waals surface area contributed by atoms with Crippen LogP contribution in [0.3, 0.4) is 0 Å². The summed E-state index contributed by atoms with van der Waals surface area (Å²) < 4.78 is 18.7. The van der Waals surface area contributed by atoms with Gasteiger partial charge in [0.15, 0.2) is 0 Å². The lowest BCUT2D eigenvalue weighted by Gasteiger charge is -2.15. The quantitative estimate of drug-likeness (QED) is 0.780. The Morgan fingerprint density at radius 3 is 2.65 bits per heavy atom. The van der Waals surface area contributed by atoms with Gasteiger partial charge in [-0.05, 0) is 43.0 Å². The minimum absolute atomic E-state index is 0.116. The van der Waals surface area contributed by atoms with E-state index in [0.29, 0.717) is 17.0 Å². The fraction of sp³-hybridized carbons (Fsp3) is 0.500. The van der Waals surface area contributed by atoms with Gasteiger partial charge in [0.05, 0.1) is 24.3 Å². The summed E-state index contributed by atoms with van der Waals surface area (Å²) in [6.07, 6.45) is 1.07. The monoisotopic (exact) mass is 235 g/mol. The van der Waals surface area contributed by atoms with E-state index in [2.05, 4.69) is 13.8 Å². The molecule has 0 N–H and O–H groups in total. The highest BCUT2D eigenvalue weighted by molar-refractivity contribution is 5.37. The van der Waals surface area contributed by atoms with E-state index in [1.165, 1.54) is 18.2 Å². The van der Waals surface area contributed by atoms with Crippen molar-refractivity contribution in [1.82, 2.24) is 0 Å². The molecule has 1 rings (SSSR count). The molecule has 0 radical (unpaired) electrons. The molecular formula is C14H18FNO. The van der Waals surface area contributed by atoms with Gasteiger partial charge in [0, 0.05) is 0 Å². The molecule has 1 aromatic carbocycles. The van der Waals surface area contributed by atoms with Gasteiger partial charge >= 0.3 is 0 Å². The zero-order valence-electron chi connectivity index (χ0n) is 10.5. The Morgan fingerprint density at radius 2 is 2.06 bits per heavy atom. The number of benzene rings is 1. The highest BCUT2D eigenvalue weighted by Gasteiger charge is 2.08. The Labute approximate surface area is 102 Å². The van der Waals surface area contributed by atoms with Gasteiger partial charge in [-0.1, -0.05) is 13.8 Å². The molecule has 2 nitrogen and oxygen atoms in total. The van der Waals surface area contributed by atoms with Gasteiger partial charge in [0.2, 0.25) is 0 Å². The fourth-order valence-corrected chi connectivity index (χ4v) is 1.75. The zero-order chi connectivity index (χ0) is 12.8. The summed E-state index contributed by atoms with van der Waals surface area (Å²) >= 11 is 0. The number of hydrogen-bond donors (Lipinski definition) is 0. The average Bonchev–Trinajstić information content (AvgIpc) is 2.25. The number of halogens is 1. The van der Waals surface area contributed by atoms with Crippen molar-refractivity contribution in [2.24, 2.45) is 5.92 Å². The van der Waals surface area contributed by atoms with E-state index in [1.54, 1.807) is 0 Å². The average molecular weight is 235 g/mol. The van der Waals surface area contributed by atoms with Crippen LogP contribution in [-0.2, 0) is 11.3 Å². The number of ether oxygens (including phenoxy) is 1. The maximum absolute atomic E-state index is 13.1. The van der Waals surface area contributed by atoms with Gasteiger partial charge in [-0.2, -0.15) is 5.26 Å². The molecule has 1 aromatic rings. The summed E-state index contributed by atoms with van der Waals surface area (Å²) in [5.41, 5.74) is 1.09. The Balaban J connectivity index is 2.63. The van der Waals surface area contributed by atoms with Crippen LogP contribution in [0.15, 0.2) is 18.2 Å². The number of hydrogen-bond acceptors (Lipinski definition) is 2. The Kier molecular flexibility index (Phi) is 5.11. The first-order valence-electron chi connectivity index (χ1n) is 5.83. The molecule has 1 atom stereocenters. The minimum atomic E-state index is -0.334. The second-order valence-electron chi connectivity index (χ2n) is 4.66. The molecule has 0 spiro atoms. The molecule has 17 heavy (non-hydrogen) atoms. The van der Waals surface area contributed by atoms with Crippen molar-refractivity contribution in [2.45, 2.75) is 39.9 Å². The van der Waals surface area contributed by atoms with Crippen molar-refractivity contribution in [1.29, 1.82) is 5.26 Å². The summed E-state index contributed by atoms with van der Waals surface area (Å²) in [7, 11) is 0. The van der Waals surface area contributed by atoms with Gasteiger partial charge in [0.1, 0.15) is 5.82 Å². The number of rotatable bonds is 5. The van der Waals surface area contributed by atoms with Crippen molar-refractivity contribution in [3.8, 4) is 6.07 Å². The molecule has 0 amide bonds. The van der Waals surface area contributed by atoms with Crippen LogP contribution in [0.1, 0.15) is 38.3 Å². The number of nitrogens with zero attached hydrogens (tertiary/aromatic N) is 1. The molecule has 0 aromatic heterocycles. The molecular weight excluding hydrogens is 217 g/mol. The minimum Gasteiger partial charge on any atom is -0.374 e. The molecule has 0 aliphatic heterocycles. The fourth-order valence-electron chi connectivity index (χ4n) is 1.75. The normalized spacial score (nSPS) is 12.5. The molecule has 1 unspecified atom stereocenters. The maximum Gasteiger partial charge on any atom is 0.123 e. The van der Waals surface area contributed by atoms with Gasteiger partial charge in [-0.3, -0.25) is 0 Å². The van der Waals surface area contributed by atoms with E-state index in [0.717, 1.165) is 6.42 Å². The van der Waals surface area contributed by atoms with Crippen LogP contribution >= 0.6 is 0 Å². The second kappa shape index (κ2) is 6.36. The highest BCUT2D eigenvalue weighted by Crippen LogP contribution is 2.15. The molecule has 0 aliphatic carbocycles. The van der Waals surface area contributed by atoms with Crippen LogP contribution in [-0.4, -0.2) is 6.10 Å². The Bertz CT molecular complexity index is 409. The third kappa shape index (κ3) is 4.54. The van der Waals surface area contributed by atoms with Crippen LogP contribution in [0.2, 0.25) is 0 Å². The van der Waals surface area contributed by atoms with Gasteiger partial charge < -0.3 is 4.74 Å². The smallest absolute Gasteiger partial charge is 0.123 e. The van der Waals surface area contributed by atoms with Crippen molar-refractivity contribution >= 4 is 0 Å². The van der Waals surface area contributed by atoms with Gasteiger partial charge in [-0.15, -0.1) is 0 Å². The van der Waals surface area contributed by atoms with Crippen molar-refractivity contribution < 1.29 is 9.13 Å². The zero-order valence-corrected chi connectivity index (χ0v) is 10.5. The predicted molar refractivity (Wildman–Crippen MR) is 64.8 cm³/mol. The largest absolute Gasteiger partial charge is 0.374 e. The van der Waals surface area contributed by atoms with Crippen molar-refractivity contribution in [2.75, 3.05) is 0 Å². The van der Waals surface area contributed by atoms with E-state index in [9.17, 15) is 4.39 Å². The predicted octanol–water partition coefficient (Wildman–Crippen LogP) is 3.65. The van der Waals surface area contributed by atoms with Gasteiger partial charge in [0.25, 0.3) is 0 Å². The summed E-state index contributed by atoms with van der Waals surface area (Å²) in [5.74, 6) is 0.229. The molecule has 0 heterocycles. The van der Waals surface area contributed by atoms with E-state index >= 15 is 0 Å². The third-order valence-electron chi connectivity index (χ3n) is 2.51. The van der Waals surface area contributed by atoms with Crippen LogP contribution in [0.4, 0.5) is 4.39 Å². The maximum atomic E-state index is 13.1. The first-order valence-corrected chi connectivity index (χ1v) is 5.83. The van der Waals surface area contributed by atoms with Crippen LogP contribution in [0.25, 0.3) is 0 Å². The molecule has 3 heteroatoms. The Morgan fingerprint density at radius 1 is 1.35 bits per heavy atom. The first-order chi connectivity index (χ1) is 8.02. The summed E-state index contributed by atoms with van der Waals surface area (Å²) in [6, 6.07) is 6.18. The lowest BCUT2D eigenvalue weighted by molar-refractivity contribution is 0.0395. The van der Waals surface area contributed by atoms with E-state index < -0.39 is 0 Å². The summed E-state index contributed by atoms with van der Waals surface area (Å²) in [5, 5.41) is 8.89. The SMILES string of the molecule is CC(C)CC(C)OCc1cc(F)ccc1C#N. The highest BCUT2D eigenvalue weighted by atomic mass is 19.1. The summed E-state index contributed by atoms with van der Waals surface area (Å²) in [6.45, 7) is 6.53. The lowest BCUT2D eigenvalue weighted by atomic mass is 10.1. The topological polar surface area (TPSA) is 33.0 Å². The van der Waals surface area contributed by atoms with Crippen LogP contribution in [0, 0.1) is 23.1 Å². The molecule has 92 valence electrons. The third-order valence-corrected chi connectivity index (χ3v) is 2.51. The van der Waals surface area contributed by atoms with Crippen molar-refractivity contribution in [3.63, 3.8) is 0 Å². The van der Waals surface area contributed by atoms with Crippen LogP contribution in [0.5, 0.6) is 0 Å². The summed E-state index contributed by atoms with van der Waals surface area (Å²) in [4.78, 5) is 0. The van der Waals surface area contributed by atoms with Crippen molar-refractivity contribution in [3.05, 3.63) is 35.1 Å². The second-order valence-corrected chi connectivity index (χ2v) is 4.66. The molecule has 0 bridgehead atoms. The molecule has 0 fully saturated rings.